The molecule has 3 rings (SSSR count). The first-order valence-corrected chi connectivity index (χ1v) is 6.09. The van der Waals surface area contributed by atoms with Gasteiger partial charge in [-0.25, -0.2) is 4.68 Å². The van der Waals surface area contributed by atoms with E-state index in [2.05, 4.69) is 34.1 Å². The lowest BCUT2D eigenvalue weighted by Gasteiger charge is -2.05. The topological polar surface area (TPSA) is 42.7 Å². The summed E-state index contributed by atoms with van der Waals surface area (Å²) in [7, 11) is 0. The van der Waals surface area contributed by atoms with Gasteiger partial charge in [-0.2, -0.15) is 5.10 Å². The molecule has 0 bridgehead atoms. The summed E-state index contributed by atoms with van der Waals surface area (Å²) >= 11 is 0. The predicted octanol–water partition coefficient (Wildman–Crippen LogP) is 3.14. The van der Waals surface area contributed by atoms with Crippen LogP contribution in [0.4, 0.5) is 5.69 Å². The van der Waals surface area contributed by atoms with Crippen LogP contribution in [0.1, 0.15) is 5.56 Å². The molecule has 0 saturated heterocycles. The molecule has 0 aliphatic carbocycles. The van der Waals surface area contributed by atoms with Gasteiger partial charge in [-0.3, -0.25) is 4.98 Å². The van der Waals surface area contributed by atoms with Gasteiger partial charge in [0, 0.05) is 29.9 Å². The molecule has 0 radical (unpaired) electrons. The van der Waals surface area contributed by atoms with Crippen LogP contribution in [0.15, 0.2) is 55.5 Å². The monoisotopic (exact) mass is 250 g/mol. The maximum atomic E-state index is 4.42. The van der Waals surface area contributed by atoms with Crippen LogP contribution in [0.25, 0.3) is 17.1 Å². The third-order valence-electron chi connectivity index (χ3n) is 2.93. The van der Waals surface area contributed by atoms with Crippen molar-refractivity contribution in [3.63, 3.8) is 0 Å². The third-order valence-corrected chi connectivity index (χ3v) is 2.93. The van der Waals surface area contributed by atoms with Crippen LogP contribution in [0.2, 0.25) is 0 Å². The molecule has 0 aliphatic rings. The Morgan fingerprint density at radius 1 is 1.26 bits per heavy atom. The molecule has 3 aromatic rings. The molecule has 0 fully saturated rings. The predicted molar refractivity (Wildman–Crippen MR) is 77.7 cm³/mol. The molecule has 0 spiro atoms. The highest BCUT2D eigenvalue weighted by Gasteiger charge is 1.99. The smallest absolute Gasteiger partial charge is 0.0703 e. The fourth-order valence-corrected chi connectivity index (χ4v) is 1.94. The maximum absolute atomic E-state index is 4.42. The maximum Gasteiger partial charge on any atom is 0.0703 e. The molecule has 4 nitrogen and oxygen atoms in total. The van der Waals surface area contributed by atoms with Crippen molar-refractivity contribution in [1.29, 1.82) is 0 Å². The normalized spacial score (nSPS) is 10.5. The number of hydrogen-bond donors (Lipinski definition) is 1. The van der Waals surface area contributed by atoms with E-state index in [1.54, 1.807) is 10.9 Å². The number of para-hydroxylation sites is 1. The van der Waals surface area contributed by atoms with E-state index >= 15 is 0 Å². The Bertz CT molecular complexity index is 715. The van der Waals surface area contributed by atoms with Gasteiger partial charge in [0.1, 0.15) is 0 Å². The quantitative estimate of drug-likeness (QED) is 0.773. The number of fused-ring (bicyclic) bond motifs is 1. The van der Waals surface area contributed by atoms with E-state index in [9.17, 15) is 0 Å². The highest BCUT2D eigenvalue weighted by atomic mass is 15.2. The molecule has 94 valence electrons. The fourth-order valence-electron chi connectivity index (χ4n) is 1.94. The Kier molecular flexibility index (Phi) is 2.98. The summed E-state index contributed by atoms with van der Waals surface area (Å²) in [5.41, 5.74) is 3.12. The second-order valence-electron chi connectivity index (χ2n) is 4.28. The zero-order valence-corrected chi connectivity index (χ0v) is 10.5. The lowest BCUT2D eigenvalue weighted by Crippen LogP contribution is -1.98. The lowest BCUT2D eigenvalue weighted by molar-refractivity contribution is 0.936. The molecule has 19 heavy (non-hydrogen) atoms. The summed E-state index contributed by atoms with van der Waals surface area (Å²) in [6.45, 7) is 4.38. The first-order chi connectivity index (χ1) is 9.35. The van der Waals surface area contributed by atoms with Crippen LogP contribution >= 0.6 is 0 Å². The van der Waals surface area contributed by atoms with Gasteiger partial charge in [-0.15, -0.1) is 0 Å². The summed E-state index contributed by atoms with van der Waals surface area (Å²) in [6.07, 6.45) is 7.28. The van der Waals surface area contributed by atoms with Crippen molar-refractivity contribution < 1.29 is 0 Å². The van der Waals surface area contributed by atoms with Gasteiger partial charge < -0.3 is 5.32 Å². The number of aromatic nitrogens is 3. The van der Waals surface area contributed by atoms with Crippen LogP contribution < -0.4 is 5.32 Å². The van der Waals surface area contributed by atoms with E-state index < -0.39 is 0 Å². The summed E-state index contributed by atoms with van der Waals surface area (Å²) in [5, 5.41) is 8.61. The minimum Gasteiger partial charge on any atom is -0.380 e. The van der Waals surface area contributed by atoms with Crippen molar-refractivity contribution in [2.75, 3.05) is 5.32 Å². The second-order valence-corrected chi connectivity index (χ2v) is 4.28. The highest BCUT2D eigenvalue weighted by molar-refractivity contribution is 5.81. The minimum absolute atomic E-state index is 0.716. The average Bonchev–Trinajstić information content (AvgIpc) is 2.93. The van der Waals surface area contributed by atoms with Gasteiger partial charge in [0.15, 0.2) is 0 Å². The number of benzene rings is 1. The van der Waals surface area contributed by atoms with E-state index in [1.165, 1.54) is 0 Å². The third kappa shape index (κ3) is 2.47. The first kappa shape index (κ1) is 11.5. The summed E-state index contributed by atoms with van der Waals surface area (Å²) < 4.78 is 1.69. The molecule has 0 unspecified atom stereocenters. The Morgan fingerprint density at radius 2 is 2.16 bits per heavy atom. The Hall–Kier alpha value is -2.62. The van der Waals surface area contributed by atoms with Crippen LogP contribution in [0.5, 0.6) is 0 Å². The zero-order chi connectivity index (χ0) is 13.1. The van der Waals surface area contributed by atoms with E-state index in [4.69, 9.17) is 0 Å². The fraction of sp³-hybridized carbons (Fsp3) is 0.0667. The van der Waals surface area contributed by atoms with Gasteiger partial charge >= 0.3 is 0 Å². The molecule has 0 amide bonds. The number of rotatable bonds is 4. The zero-order valence-electron chi connectivity index (χ0n) is 10.5. The lowest BCUT2D eigenvalue weighted by atomic mass is 10.2. The van der Waals surface area contributed by atoms with E-state index in [1.807, 2.05) is 36.8 Å². The molecule has 0 saturated carbocycles. The summed E-state index contributed by atoms with van der Waals surface area (Å²) in [6, 6.07) is 10.2. The molecular weight excluding hydrogens is 236 g/mol. The van der Waals surface area contributed by atoms with Gasteiger partial charge in [-0.05, 0) is 12.1 Å². The number of nitrogens with zero attached hydrogens (tertiary/aromatic N) is 3. The largest absolute Gasteiger partial charge is 0.380 e. The molecule has 4 heteroatoms. The second kappa shape index (κ2) is 4.94. The van der Waals surface area contributed by atoms with Crippen LogP contribution in [-0.4, -0.2) is 14.8 Å². The number of pyridine rings is 1. The van der Waals surface area contributed by atoms with Crippen molar-refractivity contribution in [3.05, 3.63) is 61.1 Å². The number of nitrogens with one attached hydrogen (secondary N) is 1. The Morgan fingerprint density at radius 3 is 3.00 bits per heavy atom. The number of hydrogen-bond acceptors (Lipinski definition) is 3. The molecule has 2 heterocycles. The SMILES string of the molecule is C=Cn1cc(CNc2cnc3ccccc3c2)cn1. The molecule has 1 aromatic carbocycles. The van der Waals surface area contributed by atoms with E-state index in [-0.39, 0.29) is 0 Å². The van der Waals surface area contributed by atoms with E-state index in [0.717, 1.165) is 22.2 Å². The van der Waals surface area contributed by atoms with Crippen molar-refractivity contribution >= 4 is 22.8 Å². The molecule has 1 N–H and O–H groups in total. The van der Waals surface area contributed by atoms with Crippen molar-refractivity contribution in [1.82, 2.24) is 14.8 Å². The van der Waals surface area contributed by atoms with Crippen molar-refractivity contribution in [3.8, 4) is 0 Å². The first-order valence-electron chi connectivity index (χ1n) is 6.09. The number of anilines is 1. The molecular formula is C15H14N4. The van der Waals surface area contributed by atoms with E-state index in [0.29, 0.717) is 6.54 Å². The molecule has 0 aliphatic heterocycles. The molecule has 0 atom stereocenters. The minimum atomic E-state index is 0.716. The standard InChI is InChI=1S/C15H14N4/c1-2-19-11-12(9-18-19)8-16-14-7-13-5-3-4-6-15(13)17-10-14/h2-7,9-11,16H,1,8H2. The van der Waals surface area contributed by atoms with Crippen LogP contribution in [-0.2, 0) is 6.54 Å². The molecule has 2 aromatic heterocycles. The summed E-state index contributed by atoms with van der Waals surface area (Å²) in [4.78, 5) is 4.42. The van der Waals surface area contributed by atoms with Crippen LogP contribution in [0.3, 0.4) is 0 Å². The van der Waals surface area contributed by atoms with Crippen molar-refractivity contribution in [2.24, 2.45) is 0 Å². The summed E-state index contributed by atoms with van der Waals surface area (Å²) in [5.74, 6) is 0. The average molecular weight is 250 g/mol. The Balaban J connectivity index is 1.76. The van der Waals surface area contributed by atoms with Crippen molar-refractivity contribution in [2.45, 2.75) is 6.54 Å². The van der Waals surface area contributed by atoms with Gasteiger partial charge in [0.25, 0.3) is 0 Å². The van der Waals surface area contributed by atoms with Gasteiger partial charge in [0.2, 0.25) is 0 Å². The Labute approximate surface area is 111 Å². The van der Waals surface area contributed by atoms with Crippen LogP contribution in [0, 0.1) is 0 Å². The van der Waals surface area contributed by atoms with Gasteiger partial charge in [0.05, 0.1) is 23.6 Å². The van der Waals surface area contributed by atoms with Gasteiger partial charge in [-0.1, -0.05) is 24.8 Å². The highest BCUT2D eigenvalue weighted by Crippen LogP contribution is 2.16.